The third-order valence-corrected chi connectivity index (χ3v) is 5.40. The number of benzene rings is 2. The van der Waals surface area contributed by atoms with E-state index in [-0.39, 0.29) is 25.0 Å². The van der Waals surface area contributed by atoms with E-state index in [2.05, 4.69) is 5.32 Å². The standard InChI is InChI=1S/C23H29ClN2O4/c1-6-25-23(28)17(4)26(13-18-7-9-19(29-5)10-8-18)21(27)14-30-20-11-15(2)22(24)16(3)12-20/h7-12,17H,6,13-14H2,1-5H3,(H,25,28)/t17-/m1/s1. The summed E-state index contributed by atoms with van der Waals surface area (Å²) in [5.41, 5.74) is 2.65. The van der Waals surface area contributed by atoms with Gasteiger partial charge in [0, 0.05) is 18.1 Å². The fourth-order valence-corrected chi connectivity index (χ4v) is 3.16. The van der Waals surface area contributed by atoms with Gasteiger partial charge in [0.05, 0.1) is 7.11 Å². The number of hydrogen-bond acceptors (Lipinski definition) is 4. The van der Waals surface area contributed by atoms with Crippen molar-refractivity contribution in [2.45, 2.75) is 40.3 Å². The van der Waals surface area contributed by atoms with Crippen LogP contribution in [0.2, 0.25) is 5.02 Å². The molecule has 0 fully saturated rings. The summed E-state index contributed by atoms with van der Waals surface area (Å²) >= 11 is 6.20. The zero-order valence-corrected chi connectivity index (χ0v) is 18.9. The molecule has 0 saturated carbocycles. The SMILES string of the molecule is CCNC(=O)[C@@H](C)N(Cc1ccc(OC)cc1)C(=O)COc1cc(C)c(Cl)c(C)c1. The number of aryl methyl sites for hydroxylation is 2. The quantitative estimate of drug-likeness (QED) is 0.652. The van der Waals surface area contributed by atoms with E-state index in [1.165, 1.54) is 4.90 Å². The van der Waals surface area contributed by atoms with E-state index in [0.29, 0.717) is 17.3 Å². The Labute approximate surface area is 183 Å². The lowest BCUT2D eigenvalue weighted by Crippen LogP contribution is -2.49. The molecule has 1 atom stereocenters. The highest BCUT2D eigenvalue weighted by molar-refractivity contribution is 6.32. The third kappa shape index (κ3) is 6.13. The van der Waals surface area contributed by atoms with Crippen molar-refractivity contribution in [3.05, 3.63) is 58.1 Å². The number of ether oxygens (including phenoxy) is 2. The fraction of sp³-hybridized carbons (Fsp3) is 0.391. The Morgan fingerprint density at radius 1 is 1.10 bits per heavy atom. The Balaban J connectivity index is 2.17. The Morgan fingerprint density at radius 3 is 2.23 bits per heavy atom. The summed E-state index contributed by atoms with van der Waals surface area (Å²) in [6.45, 7) is 7.92. The van der Waals surface area contributed by atoms with E-state index in [4.69, 9.17) is 21.1 Å². The van der Waals surface area contributed by atoms with E-state index >= 15 is 0 Å². The van der Waals surface area contributed by atoms with Gasteiger partial charge in [0.1, 0.15) is 17.5 Å². The molecule has 7 heteroatoms. The van der Waals surface area contributed by atoms with Gasteiger partial charge in [-0.1, -0.05) is 23.7 Å². The monoisotopic (exact) mass is 432 g/mol. The minimum atomic E-state index is -0.642. The number of methoxy groups -OCH3 is 1. The average Bonchev–Trinajstić information content (AvgIpc) is 2.74. The summed E-state index contributed by atoms with van der Waals surface area (Å²) in [4.78, 5) is 26.9. The summed E-state index contributed by atoms with van der Waals surface area (Å²) in [6.07, 6.45) is 0. The Hall–Kier alpha value is -2.73. The molecule has 0 aliphatic rings. The molecule has 0 heterocycles. The third-order valence-electron chi connectivity index (χ3n) is 4.80. The van der Waals surface area contributed by atoms with Gasteiger partial charge in [-0.15, -0.1) is 0 Å². The number of hydrogen-bond donors (Lipinski definition) is 1. The molecule has 2 aromatic rings. The van der Waals surface area contributed by atoms with Gasteiger partial charge in [-0.25, -0.2) is 0 Å². The molecule has 6 nitrogen and oxygen atoms in total. The van der Waals surface area contributed by atoms with Gasteiger partial charge in [-0.3, -0.25) is 9.59 Å². The second-order valence-electron chi connectivity index (χ2n) is 7.10. The number of likely N-dealkylation sites (N-methyl/N-ethyl adjacent to an activating group) is 1. The van der Waals surface area contributed by atoms with Gasteiger partial charge in [0.15, 0.2) is 6.61 Å². The second kappa shape index (κ2) is 10.9. The lowest BCUT2D eigenvalue weighted by molar-refractivity contribution is -0.142. The van der Waals surface area contributed by atoms with Crippen LogP contribution in [0.1, 0.15) is 30.5 Å². The average molecular weight is 433 g/mol. The number of nitrogens with one attached hydrogen (secondary N) is 1. The number of rotatable bonds is 9. The summed E-state index contributed by atoms with van der Waals surface area (Å²) in [7, 11) is 1.60. The fourth-order valence-electron chi connectivity index (χ4n) is 3.05. The number of nitrogens with zero attached hydrogens (tertiary/aromatic N) is 1. The molecule has 0 bridgehead atoms. The van der Waals surface area contributed by atoms with Crippen molar-refractivity contribution in [3.8, 4) is 11.5 Å². The van der Waals surface area contributed by atoms with Crippen LogP contribution in [0, 0.1) is 13.8 Å². The molecule has 0 unspecified atom stereocenters. The Morgan fingerprint density at radius 2 is 1.70 bits per heavy atom. The van der Waals surface area contributed by atoms with Crippen molar-refractivity contribution < 1.29 is 19.1 Å². The number of carbonyl (C=O) groups excluding carboxylic acids is 2. The van der Waals surface area contributed by atoms with Gasteiger partial charge in [0.2, 0.25) is 5.91 Å². The molecule has 30 heavy (non-hydrogen) atoms. The molecule has 1 N–H and O–H groups in total. The smallest absolute Gasteiger partial charge is 0.261 e. The van der Waals surface area contributed by atoms with Crippen molar-refractivity contribution in [1.29, 1.82) is 0 Å². The highest BCUT2D eigenvalue weighted by Gasteiger charge is 2.26. The zero-order chi connectivity index (χ0) is 22.3. The van der Waals surface area contributed by atoms with Crippen molar-refractivity contribution in [2.24, 2.45) is 0 Å². The van der Waals surface area contributed by atoms with Crippen LogP contribution in [0.3, 0.4) is 0 Å². The highest BCUT2D eigenvalue weighted by atomic mass is 35.5. The maximum Gasteiger partial charge on any atom is 0.261 e. The van der Waals surface area contributed by atoms with E-state index in [1.807, 2.05) is 45.0 Å². The van der Waals surface area contributed by atoms with E-state index in [0.717, 1.165) is 22.4 Å². The molecule has 0 aromatic heterocycles. The first-order valence-corrected chi connectivity index (χ1v) is 10.2. The van der Waals surface area contributed by atoms with Crippen LogP contribution in [-0.4, -0.2) is 43.0 Å². The highest BCUT2D eigenvalue weighted by Crippen LogP contribution is 2.26. The minimum Gasteiger partial charge on any atom is -0.497 e. The van der Waals surface area contributed by atoms with Crippen LogP contribution in [0.4, 0.5) is 0 Å². The first-order valence-electron chi connectivity index (χ1n) is 9.86. The van der Waals surface area contributed by atoms with Gasteiger partial charge >= 0.3 is 0 Å². The van der Waals surface area contributed by atoms with Crippen LogP contribution in [0.25, 0.3) is 0 Å². The lowest BCUT2D eigenvalue weighted by atomic mass is 10.1. The molecule has 0 aliphatic heterocycles. The molecular weight excluding hydrogens is 404 g/mol. The Bertz CT molecular complexity index is 860. The van der Waals surface area contributed by atoms with E-state index in [9.17, 15) is 9.59 Å². The van der Waals surface area contributed by atoms with Crippen LogP contribution >= 0.6 is 11.6 Å². The number of amides is 2. The second-order valence-corrected chi connectivity index (χ2v) is 7.48. The summed E-state index contributed by atoms with van der Waals surface area (Å²) in [6, 6.07) is 10.3. The van der Waals surface area contributed by atoms with Crippen molar-refractivity contribution in [3.63, 3.8) is 0 Å². The molecule has 0 radical (unpaired) electrons. The van der Waals surface area contributed by atoms with Crippen molar-refractivity contribution in [1.82, 2.24) is 10.2 Å². The van der Waals surface area contributed by atoms with Crippen LogP contribution < -0.4 is 14.8 Å². The van der Waals surface area contributed by atoms with Gasteiger partial charge in [-0.05, 0) is 68.7 Å². The van der Waals surface area contributed by atoms with Crippen molar-refractivity contribution in [2.75, 3.05) is 20.3 Å². The Kier molecular flexibility index (Phi) is 8.54. The summed E-state index contributed by atoms with van der Waals surface area (Å²) in [5, 5.41) is 3.45. The molecular formula is C23H29ClN2O4. The maximum atomic E-state index is 13.0. The van der Waals surface area contributed by atoms with Crippen LogP contribution in [0.15, 0.2) is 36.4 Å². The zero-order valence-electron chi connectivity index (χ0n) is 18.1. The first-order chi connectivity index (χ1) is 14.3. The largest absolute Gasteiger partial charge is 0.497 e. The van der Waals surface area contributed by atoms with E-state index < -0.39 is 6.04 Å². The molecule has 2 rings (SSSR count). The molecule has 2 aromatic carbocycles. The molecule has 0 aliphatic carbocycles. The van der Waals surface area contributed by atoms with Gasteiger partial charge in [0.25, 0.3) is 5.91 Å². The summed E-state index contributed by atoms with van der Waals surface area (Å²) < 4.78 is 10.9. The molecule has 0 spiro atoms. The van der Waals surface area contributed by atoms with E-state index in [1.54, 1.807) is 26.2 Å². The van der Waals surface area contributed by atoms with Crippen molar-refractivity contribution >= 4 is 23.4 Å². The maximum absolute atomic E-state index is 13.0. The predicted octanol–water partition coefficient (Wildman–Crippen LogP) is 3.90. The molecule has 0 saturated heterocycles. The topological polar surface area (TPSA) is 67.9 Å². The lowest BCUT2D eigenvalue weighted by Gasteiger charge is -2.28. The normalized spacial score (nSPS) is 11.5. The molecule has 2 amide bonds. The van der Waals surface area contributed by atoms with Gasteiger partial charge < -0.3 is 19.7 Å². The molecule has 162 valence electrons. The van der Waals surface area contributed by atoms with Gasteiger partial charge in [-0.2, -0.15) is 0 Å². The summed E-state index contributed by atoms with van der Waals surface area (Å²) in [5.74, 6) is 0.801. The first kappa shape index (κ1) is 23.5. The number of halogens is 1. The predicted molar refractivity (Wildman–Crippen MR) is 118 cm³/mol. The minimum absolute atomic E-state index is 0.180. The van der Waals surface area contributed by atoms with Crippen LogP contribution in [0.5, 0.6) is 11.5 Å². The number of carbonyl (C=O) groups is 2. The van der Waals surface area contributed by atoms with Crippen LogP contribution in [-0.2, 0) is 16.1 Å².